The fourth-order valence-electron chi connectivity index (χ4n) is 6.86. The molecule has 4 aromatic rings. The molecule has 42 heavy (non-hydrogen) atoms. The molecule has 0 aliphatic carbocycles. The van der Waals surface area contributed by atoms with Gasteiger partial charge in [0.2, 0.25) is 5.91 Å². The summed E-state index contributed by atoms with van der Waals surface area (Å²) in [5, 5.41) is 14.6. The van der Waals surface area contributed by atoms with Crippen LogP contribution in [0.4, 0.5) is 17.1 Å². The van der Waals surface area contributed by atoms with Crippen LogP contribution in [0.5, 0.6) is 0 Å². The normalized spacial score (nSPS) is 23.2. The van der Waals surface area contributed by atoms with E-state index in [1.165, 1.54) is 24.3 Å². The van der Waals surface area contributed by atoms with Crippen LogP contribution >= 0.6 is 15.9 Å². The first-order valence-electron chi connectivity index (χ1n) is 13.4. The van der Waals surface area contributed by atoms with Gasteiger partial charge in [0.05, 0.1) is 16.9 Å². The summed E-state index contributed by atoms with van der Waals surface area (Å²) in [7, 11) is 0. The highest BCUT2D eigenvalue weighted by Crippen LogP contribution is 2.58. The molecule has 9 heteroatoms. The molecule has 7 rings (SSSR count). The van der Waals surface area contributed by atoms with Crippen molar-refractivity contribution in [2.75, 3.05) is 10.2 Å². The molecule has 3 aliphatic heterocycles. The van der Waals surface area contributed by atoms with Gasteiger partial charge in [-0.25, -0.2) is 0 Å². The Morgan fingerprint density at radius 1 is 0.881 bits per heavy atom. The van der Waals surface area contributed by atoms with Crippen LogP contribution in [-0.2, 0) is 10.2 Å². The van der Waals surface area contributed by atoms with Crippen molar-refractivity contribution in [1.82, 2.24) is 0 Å². The van der Waals surface area contributed by atoms with Gasteiger partial charge in [-0.2, -0.15) is 0 Å². The zero-order valence-corrected chi connectivity index (χ0v) is 23.5. The SMILES string of the molecule is O=C(c1cccc([N+](=O)[O-])c1)[C@@H]1[C@H](C(=O)c2ccc(Br)cc2)[C@]2(C(=O)Nc3ccccc32)[C@@H]2C=Cc3ccccc3N12. The summed E-state index contributed by atoms with van der Waals surface area (Å²) < 4.78 is 0.780. The second kappa shape index (κ2) is 9.60. The number of nitro groups is 1. The second-order valence-electron chi connectivity index (χ2n) is 10.6. The molecule has 4 aromatic carbocycles. The number of nitrogens with one attached hydrogen (secondary N) is 1. The molecule has 1 amide bonds. The molecule has 0 saturated carbocycles. The number of fused-ring (bicyclic) bond motifs is 6. The molecule has 3 heterocycles. The van der Waals surface area contributed by atoms with E-state index in [0.717, 1.165) is 10.0 Å². The maximum Gasteiger partial charge on any atom is 0.270 e. The molecule has 206 valence electrons. The van der Waals surface area contributed by atoms with Crippen molar-refractivity contribution in [2.24, 2.45) is 5.92 Å². The number of carbonyl (C=O) groups is 3. The quantitative estimate of drug-likeness (QED) is 0.161. The largest absolute Gasteiger partial charge is 0.352 e. The van der Waals surface area contributed by atoms with E-state index in [9.17, 15) is 24.5 Å². The van der Waals surface area contributed by atoms with E-state index < -0.39 is 34.1 Å². The molecule has 3 aliphatic rings. The van der Waals surface area contributed by atoms with E-state index in [0.29, 0.717) is 22.5 Å². The van der Waals surface area contributed by atoms with Crippen LogP contribution in [0.25, 0.3) is 6.08 Å². The topological polar surface area (TPSA) is 110 Å². The number of para-hydroxylation sites is 2. The highest BCUT2D eigenvalue weighted by molar-refractivity contribution is 9.10. The van der Waals surface area contributed by atoms with Crippen LogP contribution in [0, 0.1) is 16.0 Å². The number of Topliss-reactive ketones (excluding diaryl/α,β-unsaturated/α-hetero) is 2. The first-order chi connectivity index (χ1) is 20.3. The lowest BCUT2D eigenvalue weighted by molar-refractivity contribution is -0.384. The standard InChI is InChI=1S/C33H22BrN3O5/c34-22-15-12-20(13-16-22)30(38)28-29(31(39)21-7-5-8-23(18-21)37(41)42)36-26-11-4-1-6-19(26)14-17-27(36)33(28)24-9-2-3-10-25(24)35-32(33)40/h1-18,27-29H,(H,35,40)/t27-,28+,29-,33+/m0/s1. The Balaban J connectivity index is 1.53. The molecular weight excluding hydrogens is 598 g/mol. The Hall–Kier alpha value is -4.89. The van der Waals surface area contributed by atoms with Crippen molar-refractivity contribution in [3.05, 3.63) is 140 Å². The maximum atomic E-state index is 14.7. The van der Waals surface area contributed by atoms with Gasteiger partial charge in [0, 0.05) is 39.1 Å². The number of benzene rings is 4. The van der Waals surface area contributed by atoms with Crippen LogP contribution in [0.3, 0.4) is 0 Å². The smallest absolute Gasteiger partial charge is 0.270 e. The number of ketones is 2. The number of nitrogens with zero attached hydrogens (tertiary/aromatic N) is 2. The van der Waals surface area contributed by atoms with Gasteiger partial charge in [0.15, 0.2) is 11.6 Å². The second-order valence-corrected chi connectivity index (χ2v) is 11.5. The van der Waals surface area contributed by atoms with Gasteiger partial charge in [-0.05, 0) is 35.4 Å². The van der Waals surface area contributed by atoms with Gasteiger partial charge in [-0.3, -0.25) is 24.5 Å². The van der Waals surface area contributed by atoms with Crippen molar-refractivity contribution >= 4 is 56.5 Å². The lowest BCUT2D eigenvalue weighted by Crippen LogP contribution is -2.51. The minimum Gasteiger partial charge on any atom is -0.352 e. The summed E-state index contributed by atoms with van der Waals surface area (Å²) in [6.45, 7) is 0. The highest BCUT2D eigenvalue weighted by atomic mass is 79.9. The maximum absolute atomic E-state index is 14.7. The minimum atomic E-state index is -1.45. The van der Waals surface area contributed by atoms with Gasteiger partial charge in [0.1, 0.15) is 11.5 Å². The number of non-ortho nitro benzene ring substituents is 1. The summed E-state index contributed by atoms with van der Waals surface area (Å²) in [5.41, 5.74) is 1.53. The number of hydrogen-bond donors (Lipinski definition) is 1. The van der Waals surface area contributed by atoms with Crippen molar-refractivity contribution in [2.45, 2.75) is 17.5 Å². The monoisotopic (exact) mass is 619 g/mol. The average Bonchev–Trinajstić information content (AvgIpc) is 3.49. The number of nitro benzene ring substituents is 1. The average molecular weight is 620 g/mol. The Bertz CT molecular complexity index is 1850. The molecule has 1 spiro atoms. The van der Waals surface area contributed by atoms with Crippen molar-refractivity contribution in [3.8, 4) is 0 Å². The predicted molar refractivity (Wildman–Crippen MR) is 162 cm³/mol. The summed E-state index contributed by atoms with van der Waals surface area (Å²) in [6, 6.07) is 25.3. The lowest BCUT2D eigenvalue weighted by Gasteiger charge is -2.37. The summed E-state index contributed by atoms with van der Waals surface area (Å²) in [6.07, 6.45) is 3.82. The zero-order chi connectivity index (χ0) is 29.2. The van der Waals surface area contributed by atoms with E-state index in [1.54, 1.807) is 30.3 Å². The first kappa shape index (κ1) is 26.0. The molecule has 1 N–H and O–H groups in total. The molecule has 4 atom stereocenters. The minimum absolute atomic E-state index is 0.0948. The van der Waals surface area contributed by atoms with Crippen LogP contribution in [-0.4, -0.2) is 34.5 Å². The third kappa shape index (κ3) is 3.63. The third-order valence-electron chi connectivity index (χ3n) is 8.56. The van der Waals surface area contributed by atoms with Crippen LogP contribution in [0.15, 0.2) is 108 Å². The number of halogens is 1. The number of rotatable bonds is 5. The van der Waals surface area contributed by atoms with Crippen molar-refractivity contribution in [1.29, 1.82) is 0 Å². The van der Waals surface area contributed by atoms with E-state index in [-0.39, 0.29) is 22.9 Å². The summed E-state index contributed by atoms with van der Waals surface area (Å²) in [5.74, 6) is -2.36. The first-order valence-corrected chi connectivity index (χ1v) is 14.2. The van der Waals surface area contributed by atoms with Gasteiger partial charge < -0.3 is 10.2 Å². The molecule has 1 fully saturated rings. The molecular formula is C33H22BrN3O5. The van der Waals surface area contributed by atoms with Crippen LogP contribution in [0.2, 0.25) is 0 Å². The Morgan fingerprint density at radius 3 is 2.40 bits per heavy atom. The highest BCUT2D eigenvalue weighted by Gasteiger charge is 2.70. The lowest BCUT2D eigenvalue weighted by atomic mass is 9.64. The van der Waals surface area contributed by atoms with E-state index in [4.69, 9.17) is 0 Å². The van der Waals surface area contributed by atoms with Crippen LogP contribution in [0.1, 0.15) is 31.8 Å². The number of carbonyl (C=O) groups excluding carboxylic acids is 3. The van der Waals surface area contributed by atoms with Gasteiger partial charge in [-0.1, -0.05) is 88.7 Å². The molecule has 0 aromatic heterocycles. The zero-order valence-electron chi connectivity index (χ0n) is 21.9. The van der Waals surface area contributed by atoms with Gasteiger partial charge >= 0.3 is 0 Å². The Morgan fingerprint density at radius 2 is 1.62 bits per heavy atom. The predicted octanol–water partition coefficient (Wildman–Crippen LogP) is 6.21. The fraction of sp³-hybridized carbons (Fsp3) is 0.121. The number of hydrogen-bond acceptors (Lipinski definition) is 6. The van der Waals surface area contributed by atoms with Gasteiger partial charge in [0.25, 0.3) is 5.69 Å². The Labute approximate surface area is 248 Å². The van der Waals surface area contributed by atoms with Crippen LogP contribution < -0.4 is 10.2 Å². The van der Waals surface area contributed by atoms with Crippen molar-refractivity contribution in [3.63, 3.8) is 0 Å². The summed E-state index contributed by atoms with van der Waals surface area (Å²) in [4.78, 5) is 56.7. The molecule has 0 unspecified atom stereocenters. The molecule has 0 radical (unpaired) electrons. The van der Waals surface area contributed by atoms with Gasteiger partial charge in [-0.15, -0.1) is 0 Å². The van der Waals surface area contributed by atoms with E-state index in [2.05, 4.69) is 21.2 Å². The third-order valence-corrected chi connectivity index (χ3v) is 9.09. The molecule has 1 saturated heterocycles. The number of anilines is 2. The van der Waals surface area contributed by atoms with E-state index in [1.807, 2.05) is 59.5 Å². The number of amides is 1. The Kier molecular flexibility index (Phi) is 5.95. The van der Waals surface area contributed by atoms with Crippen molar-refractivity contribution < 1.29 is 19.3 Å². The van der Waals surface area contributed by atoms with E-state index >= 15 is 0 Å². The summed E-state index contributed by atoms with van der Waals surface area (Å²) >= 11 is 3.42. The fourth-order valence-corrected chi connectivity index (χ4v) is 7.12. The molecule has 0 bridgehead atoms. The molecule has 8 nitrogen and oxygen atoms in total.